The molecule has 1 aromatic carbocycles. The first-order valence-corrected chi connectivity index (χ1v) is 10.2. The number of benzene rings is 1. The second-order valence-corrected chi connectivity index (χ2v) is 7.47. The SMILES string of the molecule is O=C(Cn1nc(-c2ccc3c(c2)OCO3)ccc1=O)Nc1nc(-c2cccnc2)cs1. The summed E-state index contributed by atoms with van der Waals surface area (Å²) in [6, 6.07) is 12.1. The minimum Gasteiger partial charge on any atom is -0.454 e. The molecule has 5 rings (SSSR count). The van der Waals surface area contributed by atoms with Gasteiger partial charge in [0, 0.05) is 35.0 Å². The molecule has 9 nitrogen and oxygen atoms in total. The van der Waals surface area contributed by atoms with Crippen LogP contribution in [0.15, 0.2) is 65.0 Å². The molecular weight excluding hydrogens is 418 g/mol. The van der Waals surface area contributed by atoms with Crippen LogP contribution in [-0.4, -0.2) is 32.4 Å². The lowest BCUT2D eigenvalue weighted by Gasteiger charge is -2.07. The van der Waals surface area contributed by atoms with E-state index in [-0.39, 0.29) is 18.9 Å². The van der Waals surface area contributed by atoms with Crippen molar-refractivity contribution >= 4 is 22.4 Å². The van der Waals surface area contributed by atoms with Crippen LogP contribution in [0.2, 0.25) is 0 Å². The van der Waals surface area contributed by atoms with Crippen molar-refractivity contribution < 1.29 is 14.3 Å². The molecule has 1 N–H and O–H groups in total. The Morgan fingerprint density at radius 1 is 1.10 bits per heavy atom. The Morgan fingerprint density at radius 3 is 2.87 bits per heavy atom. The summed E-state index contributed by atoms with van der Waals surface area (Å²) in [5.41, 5.74) is 2.48. The van der Waals surface area contributed by atoms with Gasteiger partial charge in [-0.05, 0) is 36.4 Å². The van der Waals surface area contributed by atoms with Gasteiger partial charge in [0.25, 0.3) is 5.56 Å². The summed E-state index contributed by atoms with van der Waals surface area (Å²) < 4.78 is 11.8. The lowest BCUT2D eigenvalue weighted by Crippen LogP contribution is -2.29. The Kier molecular flexibility index (Phi) is 4.89. The van der Waals surface area contributed by atoms with E-state index in [9.17, 15) is 9.59 Å². The van der Waals surface area contributed by atoms with E-state index in [2.05, 4.69) is 20.4 Å². The average molecular weight is 433 g/mol. The highest BCUT2D eigenvalue weighted by molar-refractivity contribution is 7.14. The Bertz CT molecular complexity index is 1320. The van der Waals surface area contributed by atoms with E-state index in [0.29, 0.717) is 28.0 Å². The molecule has 10 heteroatoms. The number of ether oxygens (including phenoxy) is 2. The molecule has 1 aliphatic heterocycles. The highest BCUT2D eigenvalue weighted by atomic mass is 32.1. The largest absolute Gasteiger partial charge is 0.454 e. The van der Waals surface area contributed by atoms with Gasteiger partial charge in [-0.25, -0.2) is 9.67 Å². The Balaban J connectivity index is 1.32. The topological polar surface area (TPSA) is 108 Å². The van der Waals surface area contributed by atoms with Gasteiger partial charge in [-0.3, -0.25) is 14.6 Å². The van der Waals surface area contributed by atoms with Crippen LogP contribution in [-0.2, 0) is 11.3 Å². The second-order valence-electron chi connectivity index (χ2n) is 6.61. The van der Waals surface area contributed by atoms with Crippen molar-refractivity contribution in [3.63, 3.8) is 0 Å². The maximum absolute atomic E-state index is 12.5. The van der Waals surface area contributed by atoms with Crippen molar-refractivity contribution in [2.24, 2.45) is 0 Å². The lowest BCUT2D eigenvalue weighted by molar-refractivity contribution is -0.117. The van der Waals surface area contributed by atoms with Crippen molar-refractivity contribution in [3.05, 3.63) is 70.6 Å². The number of nitrogens with one attached hydrogen (secondary N) is 1. The van der Waals surface area contributed by atoms with Gasteiger partial charge in [0.2, 0.25) is 12.7 Å². The molecule has 3 aromatic heterocycles. The van der Waals surface area contributed by atoms with Crippen LogP contribution in [0.5, 0.6) is 11.5 Å². The maximum Gasteiger partial charge on any atom is 0.267 e. The molecule has 4 aromatic rings. The number of hydrogen-bond donors (Lipinski definition) is 1. The van der Waals surface area contributed by atoms with E-state index in [4.69, 9.17) is 9.47 Å². The zero-order valence-corrected chi connectivity index (χ0v) is 16.8. The number of pyridine rings is 1. The fourth-order valence-electron chi connectivity index (χ4n) is 3.04. The number of nitrogens with zero attached hydrogens (tertiary/aromatic N) is 4. The number of carbonyl (C=O) groups excluding carboxylic acids is 1. The van der Waals surface area contributed by atoms with Crippen LogP contribution in [0.4, 0.5) is 5.13 Å². The molecule has 0 saturated heterocycles. The van der Waals surface area contributed by atoms with Crippen molar-refractivity contribution in [2.75, 3.05) is 12.1 Å². The van der Waals surface area contributed by atoms with Gasteiger partial charge in [0.1, 0.15) is 6.54 Å². The van der Waals surface area contributed by atoms with Crippen LogP contribution >= 0.6 is 11.3 Å². The minimum absolute atomic E-state index is 0.172. The van der Waals surface area contributed by atoms with Crippen LogP contribution in [0.3, 0.4) is 0 Å². The number of hydrogen-bond acceptors (Lipinski definition) is 8. The number of aromatic nitrogens is 4. The van der Waals surface area contributed by atoms with Gasteiger partial charge < -0.3 is 14.8 Å². The molecule has 0 unspecified atom stereocenters. The first-order valence-electron chi connectivity index (χ1n) is 9.30. The van der Waals surface area contributed by atoms with Crippen LogP contribution in [0.1, 0.15) is 0 Å². The molecule has 0 spiro atoms. The Hall–Kier alpha value is -4.05. The summed E-state index contributed by atoms with van der Waals surface area (Å²) >= 11 is 1.29. The summed E-state index contributed by atoms with van der Waals surface area (Å²) in [7, 11) is 0. The molecular formula is C21H15N5O4S. The predicted octanol–water partition coefficient (Wildman–Crippen LogP) is 2.80. The van der Waals surface area contributed by atoms with Crippen molar-refractivity contribution in [3.8, 4) is 34.0 Å². The first kappa shape index (κ1) is 18.9. The highest BCUT2D eigenvalue weighted by Crippen LogP contribution is 2.35. The summed E-state index contributed by atoms with van der Waals surface area (Å²) in [6.45, 7) is -0.0653. The van der Waals surface area contributed by atoms with Crippen LogP contribution in [0, 0.1) is 0 Å². The van der Waals surface area contributed by atoms with Gasteiger partial charge in [-0.1, -0.05) is 0 Å². The molecule has 154 valence electrons. The zero-order valence-electron chi connectivity index (χ0n) is 16.0. The van der Waals surface area contributed by atoms with Crippen LogP contribution in [0.25, 0.3) is 22.5 Å². The van der Waals surface area contributed by atoms with E-state index < -0.39 is 5.91 Å². The Morgan fingerprint density at radius 2 is 2.00 bits per heavy atom. The highest BCUT2D eigenvalue weighted by Gasteiger charge is 2.16. The fourth-order valence-corrected chi connectivity index (χ4v) is 3.78. The summed E-state index contributed by atoms with van der Waals surface area (Å²) in [5.74, 6) is 0.873. The van der Waals surface area contributed by atoms with Gasteiger partial charge in [-0.15, -0.1) is 11.3 Å². The number of anilines is 1. The Labute approximate surface area is 179 Å². The average Bonchev–Trinajstić information content (AvgIpc) is 3.45. The number of thiazole rings is 1. The molecule has 31 heavy (non-hydrogen) atoms. The minimum atomic E-state index is -0.399. The van der Waals surface area contributed by atoms with E-state index in [1.54, 1.807) is 30.6 Å². The van der Waals surface area contributed by atoms with E-state index in [1.807, 2.05) is 23.6 Å². The normalized spacial score (nSPS) is 12.0. The van der Waals surface area contributed by atoms with E-state index in [1.165, 1.54) is 17.4 Å². The molecule has 0 bridgehead atoms. The van der Waals surface area contributed by atoms with Gasteiger partial charge in [0.05, 0.1) is 11.4 Å². The van der Waals surface area contributed by atoms with E-state index in [0.717, 1.165) is 15.8 Å². The summed E-state index contributed by atoms with van der Waals surface area (Å²) in [5, 5.41) is 9.30. The monoisotopic (exact) mass is 433 g/mol. The lowest BCUT2D eigenvalue weighted by atomic mass is 10.1. The third-order valence-corrected chi connectivity index (χ3v) is 5.29. The third kappa shape index (κ3) is 4.01. The van der Waals surface area contributed by atoms with Crippen molar-refractivity contribution in [1.82, 2.24) is 19.7 Å². The molecule has 0 atom stereocenters. The number of fused-ring (bicyclic) bond motifs is 1. The van der Waals surface area contributed by atoms with Crippen LogP contribution < -0.4 is 20.3 Å². The third-order valence-electron chi connectivity index (χ3n) is 4.54. The summed E-state index contributed by atoms with van der Waals surface area (Å²) in [6.07, 6.45) is 3.38. The second kappa shape index (κ2) is 8.00. The predicted molar refractivity (Wildman–Crippen MR) is 114 cm³/mol. The van der Waals surface area contributed by atoms with Gasteiger partial charge >= 0.3 is 0 Å². The standard InChI is InChI=1S/C21H15N5O4S/c27-19(24-21-23-16(11-31-21)14-2-1-7-22-9-14)10-26-20(28)6-4-15(25-26)13-3-5-17-18(8-13)30-12-29-17/h1-9,11H,10,12H2,(H,23,24,27). The van der Waals surface area contributed by atoms with Crippen molar-refractivity contribution in [2.45, 2.75) is 6.54 Å². The zero-order chi connectivity index (χ0) is 21.2. The molecule has 0 radical (unpaired) electrons. The molecule has 0 saturated carbocycles. The molecule has 4 heterocycles. The summed E-state index contributed by atoms with van der Waals surface area (Å²) in [4.78, 5) is 33.2. The molecule has 1 aliphatic rings. The maximum atomic E-state index is 12.5. The van der Waals surface area contributed by atoms with Crippen molar-refractivity contribution in [1.29, 1.82) is 0 Å². The molecule has 1 amide bonds. The number of carbonyl (C=O) groups is 1. The fraction of sp³-hybridized carbons (Fsp3) is 0.0952. The van der Waals surface area contributed by atoms with Gasteiger partial charge in [-0.2, -0.15) is 5.10 Å². The quantitative estimate of drug-likeness (QED) is 0.516. The smallest absolute Gasteiger partial charge is 0.267 e. The van der Waals surface area contributed by atoms with Gasteiger partial charge in [0.15, 0.2) is 16.6 Å². The van der Waals surface area contributed by atoms with E-state index >= 15 is 0 Å². The first-order chi connectivity index (χ1) is 15.2. The number of rotatable bonds is 5. The molecule has 0 aliphatic carbocycles. The molecule has 0 fully saturated rings. The number of amides is 1.